The second-order valence-corrected chi connectivity index (χ2v) is 24.7. The van der Waals surface area contributed by atoms with Gasteiger partial charge in [0.05, 0.1) is 83.1 Å². The zero-order valence-electron chi connectivity index (χ0n) is 51.0. The lowest BCUT2D eigenvalue weighted by atomic mass is 10.0. The first kappa shape index (κ1) is 52.0. The van der Waals surface area contributed by atoms with Crippen LogP contribution in [0.15, 0.2) is 279 Å². The van der Waals surface area contributed by atoms with E-state index in [1.165, 1.54) is 43.1 Å². The van der Waals surface area contributed by atoms with Crippen molar-refractivity contribution in [2.24, 2.45) is 0 Å². The molecule has 0 amide bonds. The Kier molecular flexibility index (Phi) is 10.8. The summed E-state index contributed by atoms with van der Waals surface area (Å²) in [6.07, 6.45) is 0. The van der Waals surface area contributed by atoms with Gasteiger partial charge in [0, 0.05) is 92.9 Å². The maximum atomic E-state index is 12.3. The number of benzene rings is 13. The van der Waals surface area contributed by atoms with E-state index in [0.717, 1.165) is 122 Å². The molecule has 0 unspecified atom stereocenters. The molecule has 438 valence electrons. The Morgan fingerprint density at radius 2 is 0.489 bits per heavy atom. The average molecular weight is 1200 g/mol. The van der Waals surface area contributed by atoms with Crippen LogP contribution in [0.1, 0.15) is 17.2 Å². The number of hydrogen-bond acceptors (Lipinski definition) is 4. The number of para-hydroxylation sites is 8. The van der Waals surface area contributed by atoms with Crippen LogP contribution in [0.2, 0.25) is 0 Å². The lowest BCUT2D eigenvalue weighted by Crippen LogP contribution is -2.07. The predicted molar refractivity (Wildman–Crippen MR) is 385 cm³/mol. The van der Waals surface area contributed by atoms with Crippen molar-refractivity contribution in [3.05, 3.63) is 296 Å². The zero-order valence-corrected chi connectivity index (χ0v) is 51.0. The summed E-state index contributed by atoms with van der Waals surface area (Å²) in [6, 6.07) is 104. The van der Waals surface area contributed by atoms with E-state index in [2.05, 4.69) is 313 Å². The molecular formula is C84H52N10. The molecule has 0 aliphatic carbocycles. The molecule has 0 aliphatic rings. The number of nitrogens with zero attached hydrogens (tertiary/aromatic N) is 10. The molecule has 10 nitrogen and oxygen atoms in total. The van der Waals surface area contributed by atoms with Crippen LogP contribution in [0.3, 0.4) is 0 Å². The van der Waals surface area contributed by atoms with Gasteiger partial charge in [-0.2, -0.15) is 5.26 Å². The number of fused-ring (bicyclic) bond motifs is 18. The van der Waals surface area contributed by atoms with Crippen molar-refractivity contribution in [2.45, 2.75) is 13.8 Å². The van der Waals surface area contributed by atoms with Crippen LogP contribution >= 0.6 is 0 Å². The largest absolute Gasteiger partial charge is 0.309 e. The first-order chi connectivity index (χ1) is 46.4. The molecule has 0 saturated carbocycles. The summed E-state index contributed by atoms with van der Waals surface area (Å²) in [7, 11) is 0. The summed E-state index contributed by atoms with van der Waals surface area (Å²) in [5.74, 6) is 1.68. The van der Waals surface area contributed by atoms with Gasteiger partial charge in [0.1, 0.15) is 17.7 Å². The summed E-state index contributed by atoms with van der Waals surface area (Å²) >= 11 is 0. The van der Waals surface area contributed by atoms with Gasteiger partial charge in [0.15, 0.2) is 5.82 Å². The monoisotopic (exact) mass is 1200 g/mol. The van der Waals surface area contributed by atoms with Crippen LogP contribution in [0.4, 0.5) is 0 Å². The molecule has 0 fully saturated rings. The van der Waals surface area contributed by atoms with Crippen molar-refractivity contribution in [1.82, 2.24) is 42.4 Å². The third-order valence-corrected chi connectivity index (χ3v) is 19.6. The molecule has 0 saturated heterocycles. The molecule has 0 radical (unpaired) electrons. The van der Waals surface area contributed by atoms with E-state index in [1.807, 2.05) is 13.8 Å². The lowest BCUT2D eigenvalue weighted by Gasteiger charge is -2.19. The Morgan fingerprint density at radius 3 is 0.755 bits per heavy atom. The smallest absolute Gasteiger partial charge is 0.165 e. The van der Waals surface area contributed by atoms with Gasteiger partial charge in [-0.3, -0.25) is 0 Å². The number of aromatic nitrogens is 9. The van der Waals surface area contributed by atoms with Gasteiger partial charge < -0.3 is 27.4 Å². The summed E-state index contributed by atoms with van der Waals surface area (Å²) in [4.78, 5) is 15.3. The van der Waals surface area contributed by atoms with E-state index < -0.39 is 0 Å². The molecule has 20 aromatic rings. The molecule has 7 heterocycles. The highest BCUT2D eigenvalue weighted by Crippen LogP contribution is 2.45. The van der Waals surface area contributed by atoms with Crippen LogP contribution in [0.5, 0.6) is 0 Å². The molecule has 0 atom stereocenters. The lowest BCUT2D eigenvalue weighted by molar-refractivity contribution is 0.926. The van der Waals surface area contributed by atoms with Crippen LogP contribution in [-0.4, -0.2) is 42.4 Å². The molecular weight excluding hydrogens is 1150 g/mol. The third-order valence-electron chi connectivity index (χ3n) is 19.6. The van der Waals surface area contributed by atoms with Gasteiger partial charge in [0.2, 0.25) is 0 Å². The van der Waals surface area contributed by atoms with Crippen molar-refractivity contribution >= 4 is 131 Å². The molecule has 10 heteroatoms. The fraction of sp³-hybridized carbons (Fsp3) is 0.0238. The quantitative estimate of drug-likeness (QED) is 0.159. The zero-order chi connectivity index (χ0) is 62.0. The summed E-state index contributed by atoms with van der Waals surface area (Å²) in [5, 5.41) is 25.9. The topological polar surface area (TPSA) is 92.0 Å². The Labute approximate surface area is 537 Å². The summed E-state index contributed by atoms with van der Waals surface area (Å²) in [6.45, 7) is 3.86. The maximum absolute atomic E-state index is 12.3. The van der Waals surface area contributed by atoms with E-state index in [0.29, 0.717) is 28.7 Å². The Morgan fingerprint density at radius 1 is 0.245 bits per heavy atom. The van der Waals surface area contributed by atoms with Crippen LogP contribution in [0, 0.1) is 25.2 Å². The van der Waals surface area contributed by atoms with E-state index in [9.17, 15) is 5.26 Å². The van der Waals surface area contributed by atoms with Crippen molar-refractivity contribution in [3.63, 3.8) is 0 Å². The van der Waals surface area contributed by atoms with Crippen LogP contribution in [-0.2, 0) is 0 Å². The average Bonchev–Trinajstić information content (AvgIpc) is 1.74. The number of aryl methyl sites for hydroxylation is 2. The Balaban J connectivity index is 0.917. The highest BCUT2D eigenvalue weighted by atomic mass is 15.1. The first-order valence-electron chi connectivity index (χ1n) is 31.8. The molecule has 0 spiro atoms. The standard InChI is InChI=1S/C84H52N10/c1-50-86-51(2)88-84(87-50)69-48-78(93-80-44-53(89-70-27-11-3-19-57(70)58-20-4-12-28-71(58)89)35-39-65(80)66-40-36-54(45-81(66)93)90-72-29-13-5-21-59(72)60-22-6-14-30-73(60)90)52(49-85)43-79(69)94-82-46-55(91-74-31-15-7-23-61(74)62-24-8-16-32-75(62)91)37-41-67(82)68-42-38-56(47-83(68)94)92-76-33-17-9-25-63(76)64-26-10-18-34-77(64)92/h3-48H,1-2H3. The first-order valence-corrected chi connectivity index (χ1v) is 31.8. The Hall–Kier alpha value is -12.8. The minimum absolute atomic E-state index is 0.469. The fourth-order valence-electron chi connectivity index (χ4n) is 15.8. The van der Waals surface area contributed by atoms with E-state index in [4.69, 9.17) is 15.0 Å². The minimum Gasteiger partial charge on any atom is -0.309 e. The molecule has 0 N–H and O–H groups in total. The summed E-state index contributed by atoms with van der Waals surface area (Å²) in [5.41, 5.74) is 19.3. The van der Waals surface area contributed by atoms with Gasteiger partial charge in [-0.15, -0.1) is 0 Å². The second-order valence-electron chi connectivity index (χ2n) is 24.7. The summed E-state index contributed by atoms with van der Waals surface area (Å²) < 4.78 is 14.2. The van der Waals surface area contributed by atoms with Crippen molar-refractivity contribution in [1.29, 1.82) is 5.26 Å². The molecule has 0 aliphatic heterocycles. The third kappa shape index (κ3) is 7.31. The van der Waals surface area contributed by atoms with Gasteiger partial charge in [-0.25, -0.2) is 15.0 Å². The maximum Gasteiger partial charge on any atom is 0.165 e. The fourth-order valence-corrected chi connectivity index (χ4v) is 15.8. The van der Waals surface area contributed by atoms with Crippen molar-refractivity contribution in [3.8, 4) is 51.6 Å². The predicted octanol–water partition coefficient (Wildman–Crippen LogP) is 20.6. The highest BCUT2D eigenvalue weighted by molar-refractivity contribution is 6.17. The van der Waals surface area contributed by atoms with Crippen molar-refractivity contribution in [2.75, 3.05) is 0 Å². The van der Waals surface area contributed by atoms with Crippen LogP contribution < -0.4 is 0 Å². The van der Waals surface area contributed by atoms with Crippen LogP contribution in [0.25, 0.3) is 176 Å². The molecule has 94 heavy (non-hydrogen) atoms. The van der Waals surface area contributed by atoms with E-state index in [1.54, 1.807) is 0 Å². The van der Waals surface area contributed by atoms with Gasteiger partial charge in [0.25, 0.3) is 0 Å². The number of nitriles is 1. The number of rotatable bonds is 7. The normalized spacial score (nSPS) is 12.1. The molecule has 20 rings (SSSR count). The molecule has 7 aromatic heterocycles. The molecule has 13 aromatic carbocycles. The van der Waals surface area contributed by atoms with Gasteiger partial charge in [-0.05, 0) is 123 Å². The van der Waals surface area contributed by atoms with E-state index >= 15 is 0 Å². The SMILES string of the molecule is Cc1nc(C)nc(-c2cc(-n3c4cc(-n5c6ccccc6c6ccccc65)ccc4c4ccc(-n5c6ccccc6c6ccccc65)cc43)c(C#N)cc2-n2c3cc(-n4c5ccccc5c5ccccc54)ccc3c3ccc(-n4c5ccccc5c5ccccc54)cc32)n1. The van der Waals surface area contributed by atoms with Gasteiger partial charge >= 0.3 is 0 Å². The highest BCUT2D eigenvalue weighted by Gasteiger charge is 2.27. The number of hydrogen-bond donors (Lipinski definition) is 0. The van der Waals surface area contributed by atoms with Crippen molar-refractivity contribution < 1.29 is 0 Å². The second kappa shape index (κ2) is 19.6. The minimum atomic E-state index is 0.469. The van der Waals surface area contributed by atoms with E-state index in [-0.39, 0.29) is 0 Å². The van der Waals surface area contributed by atoms with Gasteiger partial charge in [-0.1, -0.05) is 170 Å². The molecule has 0 bridgehead atoms. The Bertz CT molecular complexity index is 6150.